The number of nitrogens with zero attached hydrogens (tertiary/aromatic N) is 2. The van der Waals surface area contributed by atoms with E-state index in [4.69, 9.17) is 14.2 Å². The van der Waals surface area contributed by atoms with Crippen molar-refractivity contribution < 1.29 is 42.6 Å². The Hall–Kier alpha value is -2.72. The van der Waals surface area contributed by atoms with Gasteiger partial charge in [-0.2, -0.15) is 0 Å². The molecule has 194 valence electrons. The normalized spacial score (nSPS) is 17.5. The number of aldehydes is 1. The molecule has 0 heterocycles. The summed E-state index contributed by atoms with van der Waals surface area (Å²) in [6.07, 6.45) is -2.42. The molecule has 0 saturated heterocycles. The van der Waals surface area contributed by atoms with E-state index >= 15 is 0 Å². The van der Waals surface area contributed by atoms with Crippen molar-refractivity contribution in [1.82, 2.24) is 9.80 Å². The minimum Gasteiger partial charge on any atom is -0.453 e. The lowest BCUT2D eigenvalue weighted by Crippen LogP contribution is -2.52. The molecule has 1 unspecified atom stereocenters. The minimum atomic E-state index is -1.84. The SMILES string of the molecule is CC(C=O)OC(=O)[C@H](CC(C)(C)F)N(C)C(=O)[C@@H](C)OC(=O)C1(N(C)C(=O)OC(C)(C)C)CC1. The molecule has 10 nitrogen and oxygen atoms in total. The van der Waals surface area contributed by atoms with Crippen molar-refractivity contribution in [3.63, 3.8) is 0 Å². The first-order valence-electron chi connectivity index (χ1n) is 11.1. The minimum absolute atomic E-state index is 0.340. The van der Waals surface area contributed by atoms with Crippen LogP contribution >= 0.6 is 0 Å². The number of hydrogen-bond acceptors (Lipinski definition) is 8. The van der Waals surface area contributed by atoms with E-state index < -0.39 is 65.4 Å². The first kappa shape index (κ1) is 29.3. The van der Waals surface area contributed by atoms with Gasteiger partial charge in [-0.15, -0.1) is 0 Å². The molecule has 3 atom stereocenters. The molecule has 1 fully saturated rings. The Kier molecular flexibility index (Phi) is 9.22. The lowest BCUT2D eigenvalue weighted by molar-refractivity contribution is -0.169. The number of halogens is 1. The predicted molar refractivity (Wildman–Crippen MR) is 119 cm³/mol. The van der Waals surface area contributed by atoms with Crippen LogP contribution in [-0.2, 0) is 33.4 Å². The lowest BCUT2D eigenvalue weighted by atomic mass is 9.99. The maximum atomic E-state index is 14.4. The first-order valence-corrected chi connectivity index (χ1v) is 11.1. The zero-order chi connectivity index (χ0) is 26.6. The van der Waals surface area contributed by atoms with Crippen LogP contribution in [0.1, 0.15) is 67.7 Å². The van der Waals surface area contributed by atoms with Gasteiger partial charge in [-0.1, -0.05) is 0 Å². The van der Waals surface area contributed by atoms with Crippen LogP contribution in [0.4, 0.5) is 9.18 Å². The van der Waals surface area contributed by atoms with Gasteiger partial charge in [0.2, 0.25) is 0 Å². The third-order valence-corrected chi connectivity index (χ3v) is 5.30. The van der Waals surface area contributed by atoms with Crippen molar-refractivity contribution in [3.05, 3.63) is 0 Å². The van der Waals surface area contributed by atoms with E-state index in [0.29, 0.717) is 19.1 Å². The Morgan fingerprint density at radius 3 is 1.97 bits per heavy atom. The molecule has 1 aliphatic carbocycles. The number of ether oxygens (including phenoxy) is 3. The van der Waals surface area contributed by atoms with Crippen LogP contribution in [0.15, 0.2) is 0 Å². The summed E-state index contributed by atoms with van der Waals surface area (Å²) in [6.45, 7) is 10.2. The molecule has 0 aromatic heterocycles. The Morgan fingerprint density at radius 2 is 1.56 bits per heavy atom. The molecule has 34 heavy (non-hydrogen) atoms. The predicted octanol–water partition coefficient (Wildman–Crippen LogP) is 2.41. The Labute approximate surface area is 200 Å². The highest BCUT2D eigenvalue weighted by Gasteiger charge is 2.58. The average Bonchev–Trinajstić information content (AvgIpc) is 3.50. The van der Waals surface area contributed by atoms with Gasteiger partial charge in [0, 0.05) is 20.5 Å². The first-order chi connectivity index (χ1) is 15.3. The summed E-state index contributed by atoms with van der Waals surface area (Å²) in [6, 6.07) is -1.35. The quantitative estimate of drug-likeness (QED) is 0.261. The summed E-state index contributed by atoms with van der Waals surface area (Å²) in [5, 5.41) is 0. The van der Waals surface area contributed by atoms with E-state index in [-0.39, 0.29) is 0 Å². The maximum Gasteiger partial charge on any atom is 0.410 e. The molecule has 0 aliphatic heterocycles. The highest BCUT2D eigenvalue weighted by atomic mass is 19.1. The summed E-state index contributed by atoms with van der Waals surface area (Å²) >= 11 is 0. The summed E-state index contributed by atoms with van der Waals surface area (Å²) in [4.78, 5) is 63.7. The topological polar surface area (TPSA) is 120 Å². The molecular formula is C23H37FN2O8. The zero-order valence-corrected chi connectivity index (χ0v) is 21.5. The maximum absolute atomic E-state index is 14.4. The monoisotopic (exact) mass is 488 g/mol. The van der Waals surface area contributed by atoms with Gasteiger partial charge in [0.25, 0.3) is 5.91 Å². The van der Waals surface area contributed by atoms with Crippen LogP contribution in [0.5, 0.6) is 0 Å². The van der Waals surface area contributed by atoms with Gasteiger partial charge in [-0.3, -0.25) is 14.5 Å². The van der Waals surface area contributed by atoms with E-state index in [1.807, 2.05) is 0 Å². The molecule has 11 heteroatoms. The molecule has 0 bridgehead atoms. The molecule has 1 rings (SSSR count). The van der Waals surface area contributed by atoms with E-state index in [2.05, 4.69) is 0 Å². The van der Waals surface area contributed by atoms with Gasteiger partial charge >= 0.3 is 18.0 Å². The fourth-order valence-electron chi connectivity index (χ4n) is 3.19. The molecule has 0 spiro atoms. The smallest absolute Gasteiger partial charge is 0.410 e. The third kappa shape index (κ3) is 7.95. The summed E-state index contributed by atoms with van der Waals surface area (Å²) in [7, 11) is 2.68. The molecule has 0 radical (unpaired) electrons. The number of alkyl halides is 1. The molecule has 0 aromatic rings. The third-order valence-electron chi connectivity index (χ3n) is 5.30. The summed E-state index contributed by atoms with van der Waals surface area (Å²) in [5.41, 5.74) is -3.84. The largest absolute Gasteiger partial charge is 0.453 e. The van der Waals surface area contributed by atoms with Gasteiger partial charge in [0.05, 0.1) is 0 Å². The molecule has 1 aliphatic rings. The summed E-state index contributed by atoms with van der Waals surface area (Å²) < 4.78 is 30.0. The number of hydrogen-bond donors (Lipinski definition) is 0. The highest BCUT2D eigenvalue weighted by Crippen LogP contribution is 2.43. The Balaban J connectivity index is 2.94. The number of rotatable bonds is 10. The van der Waals surface area contributed by atoms with E-state index in [0.717, 1.165) is 9.80 Å². The standard InChI is InChI=1S/C23H37FN2O8/c1-14(13-27)32-18(29)16(12-22(6,7)24)25(8)17(28)15(2)33-19(30)23(10-11-23)26(9)20(31)34-21(3,4)5/h13-16H,10-12H2,1-9H3/t14?,15-,16+/m1/s1. The fourth-order valence-corrected chi connectivity index (χ4v) is 3.19. The van der Waals surface area contributed by atoms with Crippen molar-refractivity contribution in [1.29, 1.82) is 0 Å². The van der Waals surface area contributed by atoms with Crippen LogP contribution < -0.4 is 0 Å². The second-order valence-corrected chi connectivity index (χ2v) is 10.3. The van der Waals surface area contributed by atoms with Crippen LogP contribution in [0.2, 0.25) is 0 Å². The second kappa shape index (κ2) is 10.7. The van der Waals surface area contributed by atoms with Gasteiger partial charge in [0.1, 0.15) is 22.9 Å². The number of likely N-dealkylation sites (N-methyl/N-ethyl adjacent to an activating group) is 2. The van der Waals surface area contributed by atoms with Crippen LogP contribution in [-0.4, -0.2) is 89.2 Å². The molecule has 0 N–H and O–H groups in total. The lowest BCUT2D eigenvalue weighted by Gasteiger charge is -2.33. The van der Waals surface area contributed by atoms with Gasteiger partial charge in [-0.25, -0.2) is 18.8 Å². The highest BCUT2D eigenvalue weighted by molar-refractivity contribution is 5.92. The average molecular weight is 489 g/mol. The number of carbonyl (C=O) groups is 5. The van der Waals surface area contributed by atoms with E-state index in [1.54, 1.807) is 20.8 Å². The Bertz CT molecular complexity index is 798. The van der Waals surface area contributed by atoms with Crippen molar-refractivity contribution in [2.45, 2.75) is 103 Å². The van der Waals surface area contributed by atoms with Crippen molar-refractivity contribution in [3.8, 4) is 0 Å². The van der Waals surface area contributed by atoms with Crippen LogP contribution in [0.3, 0.4) is 0 Å². The van der Waals surface area contributed by atoms with E-state index in [9.17, 15) is 28.4 Å². The molecule has 0 aromatic carbocycles. The number of carbonyl (C=O) groups excluding carboxylic acids is 5. The van der Waals surface area contributed by atoms with Gasteiger partial charge < -0.3 is 19.1 Å². The van der Waals surface area contributed by atoms with E-state index in [1.165, 1.54) is 41.8 Å². The summed E-state index contributed by atoms with van der Waals surface area (Å²) in [5.74, 6) is -2.51. The number of amides is 2. The van der Waals surface area contributed by atoms with Gasteiger partial charge in [-0.05, 0) is 61.3 Å². The van der Waals surface area contributed by atoms with Crippen LogP contribution in [0, 0.1) is 0 Å². The van der Waals surface area contributed by atoms with Crippen LogP contribution in [0.25, 0.3) is 0 Å². The second-order valence-electron chi connectivity index (χ2n) is 10.3. The molecule has 2 amide bonds. The number of esters is 2. The fraction of sp³-hybridized carbons (Fsp3) is 0.783. The molecular weight excluding hydrogens is 451 g/mol. The Morgan fingerprint density at radius 1 is 1.03 bits per heavy atom. The zero-order valence-electron chi connectivity index (χ0n) is 21.5. The molecule has 1 saturated carbocycles. The van der Waals surface area contributed by atoms with Crippen molar-refractivity contribution in [2.75, 3.05) is 14.1 Å². The van der Waals surface area contributed by atoms with Crippen molar-refractivity contribution >= 4 is 30.2 Å². The van der Waals surface area contributed by atoms with Crippen molar-refractivity contribution in [2.24, 2.45) is 0 Å². The van der Waals surface area contributed by atoms with Gasteiger partial charge in [0.15, 0.2) is 18.5 Å².